The van der Waals surface area contributed by atoms with Crippen LogP contribution in [0.4, 0.5) is 0 Å². The van der Waals surface area contributed by atoms with E-state index in [1.54, 1.807) is 7.05 Å². The minimum absolute atomic E-state index is 0.0457. The van der Waals surface area contributed by atoms with Crippen molar-refractivity contribution >= 4 is 16.9 Å². The van der Waals surface area contributed by atoms with Crippen LogP contribution in [0.3, 0.4) is 0 Å². The molecule has 5 nitrogen and oxygen atoms in total. The average Bonchev–Trinajstić information content (AvgIpc) is 2.89. The minimum Gasteiger partial charge on any atom is -0.484 e. The lowest BCUT2D eigenvalue weighted by Crippen LogP contribution is -2.30. The van der Waals surface area contributed by atoms with Gasteiger partial charge in [0.1, 0.15) is 17.1 Å². The highest BCUT2D eigenvalue weighted by Gasteiger charge is 2.18. The maximum atomic E-state index is 11.7. The number of hydrogen-bond donors (Lipinski definition) is 0. The van der Waals surface area contributed by atoms with Crippen molar-refractivity contribution in [2.45, 2.75) is 25.7 Å². The zero-order valence-electron chi connectivity index (χ0n) is 12.3. The fraction of sp³-hybridized carbons (Fsp3) is 0.438. The Kier molecular flexibility index (Phi) is 3.84. The number of hydrogen-bond acceptors (Lipinski definition) is 4. The Labute approximate surface area is 123 Å². The number of furan rings is 1. The molecule has 0 unspecified atom stereocenters. The Hall–Kier alpha value is -2.01. The molecule has 0 atom stereocenters. The molecule has 3 rings (SSSR count). The lowest BCUT2D eigenvalue weighted by Gasteiger charge is -2.14. The maximum Gasteiger partial charge on any atom is 0.283 e. The Bertz CT molecular complexity index is 662. The van der Waals surface area contributed by atoms with E-state index in [0.29, 0.717) is 5.75 Å². The van der Waals surface area contributed by atoms with Crippen LogP contribution >= 0.6 is 0 Å². The van der Waals surface area contributed by atoms with Crippen LogP contribution < -0.4 is 4.74 Å². The Morgan fingerprint density at radius 1 is 1.33 bits per heavy atom. The molecule has 0 saturated heterocycles. The van der Waals surface area contributed by atoms with Crippen LogP contribution in [0.25, 0.3) is 11.0 Å². The molecule has 5 heteroatoms. The van der Waals surface area contributed by atoms with Gasteiger partial charge in [-0.15, -0.1) is 0 Å². The Morgan fingerprint density at radius 3 is 2.95 bits per heavy atom. The molecular formula is C16H19NO4. The van der Waals surface area contributed by atoms with Gasteiger partial charge in [0, 0.05) is 24.4 Å². The molecular weight excluding hydrogens is 270 g/mol. The van der Waals surface area contributed by atoms with Gasteiger partial charge in [-0.2, -0.15) is 0 Å². The third-order valence-corrected chi connectivity index (χ3v) is 3.91. The number of benzene rings is 1. The summed E-state index contributed by atoms with van der Waals surface area (Å²) in [6.07, 6.45) is 4.45. The molecule has 0 spiro atoms. The highest BCUT2D eigenvalue weighted by molar-refractivity contribution is 5.84. The van der Waals surface area contributed by atoms with Crippen LogP contribution in [0, 0.1) is 0 Å². The van der Waals surface area contributed by atoms with E-state index in [1.165, 1.54) is 25.5 Å². The number of rotatable bonds is 4. The second kappa shape index (κ2) is 5.77. The molecule has 0 saturated carbocycles. The number of aryl methyl sites for hydroxylation is 2. The molecule has 1 aliphatic carbocycles. The molecule has 0 fully saturated rings. The highest BCUT2D eigenvalue weighted by atomic mass is 16.7. The molecule has 0 aliphatic heterocycles. The van der Waals surface area contributed by atoms with Gasteiger partial charge in [0.15, 0.2) is 6.61 Å². The molecule has 0 radical (unpaired) electrons. The molecule has 1 aromatic heterocycles. The van der Waals surface area contributed by atoms with Crippen LogP contribution in [-0.2, 0) is 22.5 Å². The summed E-state index contributed by atoms with van der Waals surface area (Å²) in [5.41, 5.74) is 2.19. The van der Waals surface area contributed by atoms with Gasteiger partial charge in [0.2, 0.25) is 0 Å². The topological polar surface area (TPSA) is 51.9 Å². The SMILES string of the molecule is CON(C)C(=O)COc1ccc2oc3c(c2c1)CCCC3. The van der Waals surface area contributed by atoms with Gasteiger partial charge in [0.05, 0.1) is 7.11 Å². The number of fused-ring (bicyclic) bond motifs is 3. The largest absolute Gasteiger partial charge is 0.484 e. The van der Waals surface area contributed by atoms with E-state index >= 15 is 0 Å². The van der Waals surface area contributed by atoms with Gasteiger partial charge < -0.3 is 9.15 Å². The predicted octanol–water partition coefficient (Wildman–Crippen LogP) is 2.71. The third kappa shape index (κ3) is 2.74. The molecule has 2 aromatic rings. The second-order valence-corrected chi connectivity index (χ2v) is 5.23. The van der Waals surface area contributed by atoms with Gasteiger partial charge in [0.25, 0.3) is 5.91 Å². The lowest BCUT2D eigenvalue weighted by atomic mass is 9.96. The van der Waals surface area contributed by atoms with Crippen molar-refractivity contribution in [3.63, 3.8) is 0 Å². The van der Waals surface area contributed by atoms with Crippen molar-refractivity contribution in [2.24, 2.45) is 0 Å². The summed E-state index contributed by atoms with van der Waals surface area (Å²) in [5.74, 6) is 1.55. The number of hydroxylamine groups is 2. The van der Waals surface area contributed by atoms with E-state index < -0.39 is 0 Å². The van der Waals surface area contributed by atoms with Gasteiger partial charge in [-0.05, 0) is 37.5 Å². The summed E-state index contributed by atoms with van der Waals surface area (Å²) >= 11 is 0. The van der Waals surface area contributed by atoms with Crippen molar-refractivity contribution in [3.05, 3.63) is 29.5 Å². The smallest absolute Gasteiger partial charge is 0.283 e. The van der Waals surface area contributed by atoms with Crippen LogP contribution in [-0.4, -0.2) is 31.7 Å². The summed E-state index contributed by atoms with van der Waals surface area (Å²) in [6.45, 7) is -0.0457. The molecule has 0 bridgehead atoms. The van der Waals surface area contributed by atoms with Crippen LogP contribution in [0.5, 0.6) is 5.75 Å². The van der Waals surface area contributed by atoms with Crippen molar-refractivity contribution in [1.29, 1.82) is 0 Å². The molecule has 1 heterocycles. The van der Waals surface area contributed by atoms with Gasteiger partial charge >= 0.3 is 0 Å². The summed E-state index contributed by atoms with van der Waals surface area (Å²) < 4.78 is 11.4. The fourth-order valence-electron chi connectivity index (χ4n) is 2.67. The first-order chi connectivity index (χ1) is 10.2. The number of carbonyl (C=O) groups excluding carboxylic acids is 1. The zero-order valence-corrected chi connectivity index (χ0v) is 12.3. The van der Waals surface area contributed by atoms with E-state index in [9.17, 15) is 4.79 Å². The molecule has 0 N–H and O–H groups in total. The molecule has 1 amide bonds. The van der Waals surface area contributed by atoms with E-state index in [0.717, 1.165) is 34.6 Å². The van der Waals surface area contributed by atoms with Gasteiger partial charge in [-0.3, -0.25) is 9.63 Å². The van der Waals surface area contributed by atoms with Crippen molar-refractivity contribution in [3.8, 4) is 5.75 Å². The van der Waals surface area contributed by atoms with E-state index in [1.807, 2.05) is 18.2 Å². The third-order valence-electron chi connectivity index (χ3n) is 3.91. The normalized spacial score (nSPS) is 14.0. The van der Waals surface area contributed by atoms with Crippen molar-refractivity contribution < 1.29 is 18.8 Å². The maximum absolute atomic E-state index is 11.7. The Balaban J connectivity index is 1.79. The van der Waals surface area contributed by atoms with Gasteiger partial charge in [-0.25, -0.2) is 5.06 Å². The highest BCUT2D eigenvalue weighted by Crippen LogP contribution is 2.33. The Morgan fingerprint density at radius 2 is 2.14 bits per heavy atom. The zero-order chi connectivity index (χ0) is 14.8. The van der Waals surface area contributed by atoms with E-state index in [-0.39, 0.29) is 12.5 Å². The first-order valence-corrected chi connectivity index (χ1v) is 7.17. The summed E-state index contributed by atoms with van der Waals surface area (Å²) in [5, 5.41) is 2.26. The summed E-state index contributed by atoms with van der Waals surface area (Å²) in [7, 11) is 3.00. The minimum atomic E-state index is -0.230. The van der Waals surface area contributed by atoms with E-state index in [2.05, 4.69) is 0 Å². The lowest BCUT2D eigenvalue weighted by molar-refractivity contribution is -0.170. The monoisotopic (exact) mass is 289 g/mol. The predicted molar refractivity (Wildman–Crippen MR) is 78.1 cm³/mol. The van der Waals surface area contributed by atoms with Gasteiger partial charge in [-0.1, -0.05) is 0 Å². The van der Waals surface area contributed by atoms with Crippen LogP contribution in [0.2, 0.25) is 0 Å². The standard InChI is InChI=1S/C16H19NO4/c1-17(19-2)16(18)10-20-11-7-8-15-13(9-11)12-5-3-4-6-14(12)21-15/h7-9H,3-6,10H2,1-2H3. The summed E-state index contributed by atoms with van der Waals surface area (Å²) in [4.78, 5) is 16.5. The molecule has 112 valence electrons. The van der Waals surface area contributed by atoms with E-state index in [4.69, 9.17) is 14.0 Å². The number of ether oxygens (including phenoxy) is 1. The number of nitrogens with zero attached hydrogens (tertiary/aromatic N) is 1. The fourth-order valence-corrected chi connectivity index (χ4v) is 2.67. The molecule has 1 aromatic carbocycles. The average molecular weight is 289 g/mol. The number of amides is 1. The van der Waals surface area contributed by atoms with Crippen molar-refractivity contribution in [1.82, 2.24) is 5.06 Å². The molecule has 21 heavy (non-hydrogen) atoms. The van der Waals surface area contributed by atoms with Crippen LogP contribution in [0.1, 0.15) is 24.2 Å². The first kappa shape index (κ1) is 13.9. The summed E-state index contributed by atoms with van der Waals surface area (Å²) in [6, 6.07) is 5.70. The second-order valence-electron chi connectivity index (χ2n) is 5.23. The molecule has 1 aliphatic rings. The number of carbonyl (C=O) groups is 1. The quantitative estimate of drug-likeness (QED) is 0.812. The van der Waals surface area contributed by atoms with Crippen LogP contribution in [0.15, 0.2) is 22.6 Å². The first-order valence-electron chi connectivity index (χ1n) is 7.17. The number of likely N-dealkylation sites (N-methyl/N-ethyl adjacent to an activating group) is 1. The van der Waals surface area contributed by atoms with Crippen molar-refractivity contribution in [2.75, 3.05) is 20.8 Å².